The second-order valence-electron chi connectivity index (χ2n) is 8.11. The number of hydrogen-bond acceptors (Lipinski definition) is 6. The summed E-state index contributed by atoms with van der Waals surface area (Å²) in [5.41, 5.74) is 1.22. The van der Waals surface area contributed by atoms with Gasteiger partial charge < -0.3 is 14.5 Å². The third kappa shape index (κ3) is 5.12. The van der Waals surface area contributed by atoms with Crippen molar-refractivity contribution in [2.45, 2.75) is 30.7 Å². The summed E-state index contributed by atoms with van der Waals surface area (Å²) in [5, 5.41) is 0. The number of carbonyl (C=O) groups is 1. The molecule has 1 aromatic heterocycles. The second-order valence-corrected chi connectivity index (χ2v) is 11.8. The van der Waals surface area contributed by atoms with E-state index in [-0.39, 0.29) is 10.8 Å². The molecule has 2 aliphatic rings. The lowest BCUT2D eigenvalue weighted by Gasteiger charge is -2.32. The van der Waals surface area contributed by atoms with Gasteiger partial charge in [0.25, 0.3) is 5.91 Å². The number of carbonyl (C=O) groups excluding carboxylic acids is 1. The average molecular weight is 498 g/mol. The average Bonchev–Trinajstić information content (AvgIpc) is 3.23. The molecule has 2 fully saturated rings. The van der Waals surface area contributed by atoms with Gasteiger partial charge in [-0.15, -0.1) is 11.3 Å². The molecule has 2 aromatic rings. The molecule has 0 N–H and O–H groups in total. The van der Waals surface area contributed by atoms with Gasteiger partial charge in [0.05, 0.1) is 34.6 Å². The predicted octanol–water partition coefficient (Wildman–Crippen LogP) is 3.68. The lowest BCUT2D eigenvalue weighted by molar-refractivity contribution is 0.0730. The van der Waals surface area contributed by atoms with Gasteiger partial charge in [-0.2, -0.15) is 4.31 Å². The van der Waals surface area contributed by atoms with Crippen LogP contribution in [-0.2, 0) is 21.3 Å². The Morgan fingerprint density at radius 1 is 1.09 bits per heavy atom. The lowest BCUT2D eigenvalue weighted by atomic mass is 10.1. The van der Waals surface area contributed by atoms with E-state index in [9.17, 15) is 13.2 Å². The van der Waals surface area contributed by atoms with Crippen molar-refractivity contribution in [3.05, 3.63) is 45.1 Å². The van der Waals surface area contributed by atoms with Crippen LogP contribution >= 0.6 is 22.9 Å². The van der Waals surface area contributed by atoms with Crippen LogP contribution in [0.15, 0.2) is 35.2 Å². The Labute approximate surface area is 198 Å². The molecule has 0 aliphatic carbocycles. The van der Waals surface area contributed by atoms with Crippen LogP contribution < -0.4 is 4.90 Å². The fourth-order valence-corrected chi connectivity index (χ4v) is 6.72. The third-order valence-corrected chi connectivity index (χ3v) is 8.98. The first kappa shape index (κ1) is 23.5. The molecule has 7 nitrogen and oxygen atoms in total. The highest BCUT2D eigenvalue weighted by Crippen LogP contribution is 2.30. The minimum Gasteiger partial charge on any atom is -0.379 e. The van der Waals surface area contributed by atoms with Crippen molar-refractivity contribution in [2.24, 2.45) is 0 Å². The van der Waals surface area contributed by atoms with Gasteiger partial charge >= 0.3 is 0 Å². The van der Waals surface area contributed by atoms with Gasteiger partial charge in [-0.05, 0) is 49.6 Å². The summed E-state index contributed by atoms with van der Waals surface area (Å²) in [7, 11) is -1.96. The van der Waals surface area contributed by atoms with E-state index in [4.69, 9.17) is 16.3 Å². The summed E-state index contributed by atoms with van der Waals surface area (Å²) in [6.45, 7) is 3.53. The molecule has 1 amide bonds. The number of ether oxygens (including phenoxy) is 1. The largest absolute Gasteiger partial charge is 0.379 e. The first-order chi connectivity index (χ1) is 15.4. The Morgan fingerprint density at radius 3 is 2.47 bits per heavy atom. The van der Waals surface area contributed by atoms with E-state index < -0.39 is 10.0 Å². The minimum atomic E-state index is -3.70. The maximum Gasteiger partial charge on any atom is 0.256 e. The van der Waals surface area contributed by atoms with E-state index in [1.54, 1.807) is 30.1 Å². The van der Waals surface area contributed by atoms with Crippen molar-refractivity contribution in [1.82, 2.24) is 9.21 Å². The van der Waals surface area contributed by atoms with Gasteiger partial charge in [0, 0.05) is 43.8 Å². The zero-order valence-electron chi connectivity index (χ0n) is 18.1. The van der Waals surface area contributed by atoms with Gasteiger partial charge in [-0.1, -0.05) is 11.6 Å². The van der Waals surface area contributed by atoms with Crippen molar-refractivity contribution in [1.29, 1.82) is 0 Å². The van der Waals surface area contributed by atoms with Crippen molar-refractivity contribution in [3.63, 3.8) is 0 Å². The molecule has 174 valence electrons. The Hall–Kier alpha value is -1.65. The van der Waals surface area contributed by atoms with Gasteiger partial charge in [0.2, 0.25) is 10.0 Å². The topological polar surface area (TPSA) is 70.2 Å². The monoisotopic (exact) mass is 497 g/mol. The molecule has 2 saturated heterocycles. The Balaban J connectivity index is 1.67. The quantitative estimate of drug-likeness (QED) is 0.608. The fourth-order valence-electron chi connectivity index (χ4n) is 4.14. The van der Waals surface area contributed by atoms with Crippen LogP contribution in [0.4, 0.5) is 5.69 Å². The maximum atomic E-state index is 13.5. The molecule has 0 spiro atoms. The summed E-state index contributed by atoms with van der Waals surface area (Å²) in [6.07, 6.45) is 3.29. The Morgan fingerprint density at radius 2 is 1.81 bits per heavy atom. The number of amides is 1. The molecule has 3 heterocycles. The van der Waals surface area contributed by atoms with E-state index in [1.807, 2.05) is 12.1 Å². The highest BCUT2D eigenvalue weighted by molar-refractivity contribution is 7.89. The van der Waals surface area contributed by atoms with E-state index >= 15 is 0 Å². The number of anilines is 1. The van der Waals surface area contributed by atoms with Crippen LogP contribution in [0.5, 0.6) is 0 Å². The number of hydrogen-bond donors (Lipinski definition) is 0. The fraction of sp³-hybridized carbons (Fsp3) is 0.500. The highest BCUT2D eigenvalue weighted by Gasteiger charge is 2.29. The molecule has 4 rings (SSSR count). The van der Waals surface area contributed by atoms with Crippen molar-refractivity contribution < 1.29 is 17.9 Å². The molecule has 0 atom stereocenters. The molecule has 0 unspecified atom stereocenters. The number of sulfonamides is 1. The van der Waals surface area contributed by atoms with E-state index in [1.165, 1.54) is 22.1 Å². The number of nitrogens with zero attached hydrogens (tertiary/aromatic N) is 3. The van der Waals surface area contributed by atoms with Crippen molar-refractivity contribution >= 4 is 44.6 Å². The number of morpholine rings is 1. The van der Waals surface area contributed by atoms with Crippen molar-refractivity contribution in [3.8, 4) is 0 Å². The van der Waals surface area contributed by atoms with E-state index in [0.29, 0.717) is 42.7 Å². The first-order valence-electron chi connectivity index (χ1n) is 10.8. The summed E-state index contributed by atoms with van der Waals surface area (Å²) in [4.78, 5) is 18.5. The van der Waals surface area contributed by atoms with Gasteiger partial charge in [-0.25, -0.2) is 8.42 Å². The van der Waals surface area contributed by atoms with Gasteiger partial charge in [-0.3, -0.25) is 4.79 Å². The molecule has 32 heavy (non-hydrogen) atoms. The molecule has 10 heteroatoms. The second kappa shape index (κ2) is 10.1. The molecule has 0 bridgehead atoms. The zero-order valence-corrected chi connectivity index (χ0v) is 20.5. The van der Waals surface area contributed by atoms with Gasteiger partial charge in [0.1, 0.15) is 0 Å². The summed E-state index contributed by atoms with van der Waals surface area (Å²) in [6, 6.07) is 8.69. The number of rotatable bonds is 6. The molecular formula is C22H28ClN3O4S2. The third-order valence-electron chi connectivity index (χ3n) is 5.87. The molecule has 0 radical (unpaired) electrons. The molecule has 2 aliphatic heterocycles. The summed E-state index contributed by atoms with van der Waals surface area (Å²) >= 11 is 7.47. The van der Waals surface area contributed by atoms with E-state index in [0.717, 1.165) is 36.5 Å². The number of benzene rings is 1. The summed E-state index contributed by atoms with van der Waals surface area (Å²) < 4.78 is 33.9. The van der Waals surface area contributed by atoms with Crippen LogP contribution in [0.1, 0.15) is 34.5 Å². The van der Waals surface area contributed by atoms with Crippen LogP contribution in [0.3, 0.4) is 0 Å². The van der Waals surface area contributed by atoms with Crippen molar-refractivity contribution in [2.75, 3.05) is 51.3 Å². The molecule has 0 saturated carbocycles. The van der Waals surface area contributed by atoms with Crippen LogP contribution in [0.2, 0.25) is 4.34 Å². The van der Waals surface area contributed by atoms with Crippen LogP contribution in [0, 0.1) is 0 Å². The first-order valence-corrected chi connectivity index (χ1v) is 13.5. The predicted molar refractivity (Wildman–Crippen MR) is 127 cm³/mol. The number of piperidine rings is 1. The lowest BCUT2D eigenvalue weighted by Crippen LogP contribution is -2.40. The van der Waals surface area contributed by atoms with E-state index in [2.05, 4.69) is 4.90 Å². The maximum absolute atomic E-state index is 13.5. The smallest absolute Gasteiger partial charge is 0.256 e. The Kier molecular flexibility index (Phi) is 7.41. The SMILES string of the molecule is CN(Cc1ccc(Cl)s1)C(=O)c1cc(S(=O)(=O)N2CCOCC2)ccc1N1CCCCC1. The number of halogens is 1. The van der Waals surface area contributed by atoms with Crippen LogP contribution in [-0.4, -0.2) is 70.0 Å². The molecular weight excluding hydrogens is 470 g/mol. The highest BCUT2D eigenvalue weighted by atomic mass is 35.5. The van der Waals surface area contributed by atoms with Gasteiger partial charge in [0.15, 0.2) is 0 Å². The Bertz CT molecular complexity index is 1060. The number of thiophene rings is 1. The minimum absolute atomic E-state index is 0.149. The summed E-state index contributed by atoms with van der Waals surface area (Å²) in [5.74, 6) is -0.200. The standard InChI is InChI=1S/C22H28ClN3O4S2/c1-24(16-17-5-8-21(23)31-17)22(27)19-15-18(32(28,29)26-11-13-30-14-12-26)6-7-20(19)25-9-3-2-4-10-25/h5-8,15H,2-4,9-14,16H2,1H3. The zero-order chi connectivity index (χ0) is 22.7. The van der Waals surface area contributed by atoms with Crippen LogP contribution in [0.25, 0.3) is 0 Å². The normalized spacial score (nSPS) is 18.0. The molecule has 1 aromatic carbocycles.